The molecule has 0 aliphatic rings. The fourth-order valence-corrected chi connectivity index (χ4v) is 2.76. The molecular weight excluding hydrogens is 326 g/mol. The highest BCUT2D eigenvalue weighted by Gasteiger charge is 2.16. The van der Waals surface area contributed by atoms with E-state index in [1.807, 2.05) is 35.8 Å². The molecule has 0 amide bonds. The number of nitrogens with zero attached hydrogens (tertiary/aromatic N) is 2. The Morgan fingerprint density at radius 2 is 2.26 bits per heavy atom. The summed E-state index contributed by atoms with van der Waals surface area (Å²) >= 11 is 9.65. The Morgan fingerprint density at radius 3 is 2.84 bits per heavy atom. The van der Waals surface area contributed by atoms with E-state index in [1.165, 1.54) is 0 Å². The first-order valence-corrected chi connectivity index (χ1v) is 7.16. The Balaban J connectivity index is 2.59. The average Bonchev–Trinajstić information content (AvgIpc) is 2.68. The number of allylic oxidation sites excluding steroid dienone is 1. The number of benzene rings is 1. The van der Waals surface area contributed by atoms with Crippen molar-refractivity contribution in [1.29, 1.82) is 0 Å². The van der Waals surface area contributed by atoms with Crippen LogP contribution in [-0.4, -0.2) is 9.55 Å². The second kappa shape index (κ2) is 5.80. The van der Waals surface area contributed by atoms with Crippen molar-refractivity contribution in [2.75, 3.05) is 5.73 Å². The molecule has 1 aromatic heterocycles. The van der Waals surface area contributed by atoms with Crippen LogP contribution in [0.3, 0.4) is 0 Å². The van der Waals surface area contributed by atoms with Crippen LogP contribution < -0.4 is 5.73 Å². The van der Waals surface area contributed by atoms with Crippen LogP contribution in [0.15, 0.2) is 35.3 Å². The van der Waals surface area contributed by atoms with Gasteiger partial charge in [0.15, 0.2) is 0 Å². The SMILES string of the molecule is C=CCn1c(CC)nc(-c2ccc(Br)cc2Cl)c1N. The van der Waals surface area contributed by atoms with Gasteiger partial charge in [-0.3, -0.25) is 0 Å². The molecule has 19 heavy (non-hydrogen) atoms. The van der Waals surface area contributed by atoms with Crippen molar-refractivity contribution in [3.8, 4) is 11.3 Å². The van der Waals surface area contributed by atoms with Crippen LogP contribution in [0.1, 0.15) is 12.7 Å². The molecule has 0 bridgehead atoms. The van der Waals surface area contributed by atoms with E-state index in [0.29, 0.717) is 17.4 Å². The molecule has 0 fully saturated rings. The summed E-state index contributed by atoms with van der Waals surface area (Å²) in [6, 6.07) is 5.69. The van der Waals surface area contributed by atoms with E-state index in [-0.39, 0.29) is 0 Å². The Bertz CT molecular complexity index is 619. The van der Waals surface area contributed by atoms with Crippen molar-refractivity contribution < 1.29 is 0 Å². The molecule has 0 aliphatic carbocycles. The molecule has 0 spiro atoms. The van der Waals surface area contributed by atoms with Crippen LogP contribution in [0.4, 0.5) is 5.82 Å². The van der Waals surface area contributed by atoms with Crippen molar-refractivity contribution in [3.05, 3.63) is 46.2 Å². The van der Waals surface area contributed by atoms with Gasteiger partial charge < -0.3 is 10.3 Å². The van der Waals surface area contributed by atoms with E-state index < -0.39 is 0 Å². The number of aromatic nitrogens is 2. The number of hydrogen-bond donors (Lipinski definition) is 1. The summed E-state index contributed by atoms with van der Waals surface area (Å²) < 4.78 is 2.89. The molecule has 2 aromatic rings. The molecule has 0 saturated carbocycles. The molecule has 1 heterocycles. The third-order valence-electron chi connectivity index (χ3n) is 2.90. The molecule has 0 atom stereocenters. The quantitative estimate of drug-likeness (QED) is 0.843. The minimum absolute atomic E-state index is 0.626. The highest BCUT2D eigenvalue weighted by Crippen LogP contribution is 2.33. The fourth-order valence-electron chi connectivity index (χ4n) is 2.00. The zero-order chi connectivity index (χ0) is 14.0. The molecule has 1 aromatic carbocycles. The Morgan fingerprint density at radius 1 is 1.53 bits per heavy atom. The van der Waals surface area contributed by atoms with Crippen molar-refractivity contribution in [1.82, 2.24) is 9.55 Å². The maximum atomic E-state index is 6.26. The molecule has 0 unspecified atom stereocenters. The zero-order valence-corrected chi connectivity index (χ0v) is 13.0. The number of halogens is 2. The van der Waals surface area contributed by atoms with E-state index in [1.54, 1.807) is 0 Å². The molecule has 2 rings (SSSR count). The number of anilines is 1. The van der Waals surface area contributed by atoms with Crippen LogP contribution in [0.5, 0.6) is 0 Å². The smallest absolute Gasteiger partial charge is 0.132 e. The largest absolute Gasteiger partial charge is 0.383 e. The number of rotatable bonds is 4. The number of hydrogen-bond acceptors (Lipinski definition) is 2. The highest BCUT2D eigenvalue weighted by atomic mass is 79.9. The molecule has 5 heteroatoms. The van der Waals surface area contributed by atoms with E-state index in [2.05, 4.69) is 27.5 Å². The Kier molecular flexibility index (Phi) is 4.32. The number of aryl methyl sites for hydroxylation is 1. The van der Waals surface area contributed by atoms with Crippen molar-refractivity contribution in [2.45, 2.75) is 19.9 Å². The lowest BCUT2D eigenvalue weighted by Crippen LogP contribution is -2.05. The molecule has 0 aliphatic heterocycles. The van der Waals surface area contributed by atoms with Gasteiger partial charge >= 0.3 is 0 Å². The van der Waals surface area contributed by atoms with Crippen LogP contribution in [0.25, 0.3) is 11.3 Å². The van der Waals surface area contributed by atoms with Crippen LogP contribution in [-0.2, 0) is 13.0 Å². The second-order valence-corrected chi connectivity index (χ2v) is 5.46. The van der Waals surface area contributed by atoms with Crippen molar-refractivity contribution in [3.63, 3.8) is 0 Å². The van der Waals surface area contributed by atoms with Crippen LogP contribution in [0.2, 0.25) is 5.02 Å². The summed E-state index contributed by atoms with van der Waals surface area (Å²) in [5, 5.41) is 0.631. The van der Waals surface area contributed by atoms with Crippen molar-refractivity contribution in [2.24, 2.45) is 0 Å². The van der Waals surface area contributed by atoms with Gasteiger partial charge in [0.1, 0.15) is 17.3 Å². The minimum Gasteiger partial charge on any atom is -0.383 e. The summed E-state index contributed by atoms with van der Waals surface area (Å²) in [7, 11) is 0. The summed E-state index contributed by atoms with van der Waals surface area (Å²) in [5.41, 5.74) is 7.77. The fraction of sp³-hybridized carbons (Fsp3) is 0.214. The monoisotopic (exact) mass is 339 g/mol. The summed E-state index contributed by atoms with van der Waals surface area (Å²) in [4.78, 5) is 4.60. The van der Waals surface area contributed by atoms with Gasteiger partial charge in [0.05, 0.1) is 5.02 Å². The van der Waals surface area contributed by atoms with Gasteiger partial charge in [0.2, 0.25) is 0 Å². The van der Waals surface area contributed by atoms with Gasteiger partial charge in [-0.25, -0.2) is 4.98 Å². The topological polar surface area (TPSA) is 43.8 Å². The van der Waals surface area contributed by atoms with Crippen LogP contribution in [0, 0.1) is 0 Å². The lowest BCUT2D eigenvalue weighted by molar-refractivity contribution is 0.757. The van der Waals surface area contributed by atoms with E-state index in [4.69, 9.17) is 17.3 Å². The lowest BCUT2D eigenvalue weighted by atomic mass is 10.1. The summed E-state index contributed by atoms with van der Waals surface area (Å²) in [6.45, 7) is 6.45. The standard InChI is InChI=1S/C14H15BrClN3/c1-3-7-19-12(4-2)18-13(14(19)17)10-6-5-9(15)8-11(10)16/h3,5-6,8H,1,4,7,17H2,2H3. The number of nitrogen functional groups attached to an aromatic ring is 1. The molecule has 0 radical (unpaired) electrons. The predicted molar refractivity (Wildman–Crippen MR) is 84.4 cm³/mol. The van der Waals surface area contributed by atoms with Gasteiger partial charge in [0.25, 0.3) is 0 Å². The third kappa shape index (κ3) is 2.69. The Labute approximate surface area is 126 Å². The first kappa shape index (κ1) is 14.2. The van der Waals surface area contributed by atoms with Gasteiger partial charge in [-0.1, -0.05) is 46.6 Å². The van der Waals surface area contributed by atoms with Gasteiger partial charge in [-0.05, 0) is 12.1 Å². The maximum absolute atomic E-state index is 6.26. The maximum Gasteiger partial charge on any atom is 0.132 e. The minimum atomic E-state index is 0.626. The number of nitrogens with two attached hydrogens (primary N) is 1. The first-order valence-electron chi connectivity index (χ1n) is 5.99. The van der Waals surface area contributed by atoms with Gasteiger partial charge in [-0.15, -0.1) is 6.58 Å². The van der Waals surface area contributed by atoms with Crippen LogP contribution >= 0.6 is 27.5 Å². The van der Waals surface area contributed by atoms with Gasteiger partial charge in [-0.2, -0.15) is 0 Å². The third-order valence-corrected chi connectivity index (χ3v) is 3.71. The second-order valence-electron chi connectivity index (χ2n) is 4.14. The molecular formula is C14H15BrClN3. The first-order chi connectivity index (χ1) is 9.08. The molecule has 100 valence electrons. The van der Waals surface area contributed by atoms with Gasteiger partial charge in [0, 0.05) is 23.0 Å². The lowest BCUT2D eigenvalue weighted by Gasteiger charge is -2.06. The molecule has 3 nitrogen and oxygen atoms in total. The normalized spacial score (nSPS) is 10.7. The molecule has 0 saturated heterocycles. The zero-order valence-electron chi connectivity index (χ0n) is 10.7. The Hall–Kier alpha value is -1.26. The van der Waals surface area contributed by atoms with E-state index in [0.717, 1.165) is 28.0 Å². The van der Waals surface area contributed by atoms with E-state index in [9.17, 15) is 0 Å². The van der Waals surface area contributed by atoms with E-state index >= 15 is 0 Å². The highest BCUT2D eigenvalue weighted by molar-refractivity contribution is 9.10. The average molecular weight is 341 g/mol. The summed E-state index contributed by atoms with van der Waals surface area (Å²) in [5.74, 6) is 1.56. The van der Waals surface area contributed by atoms with Crippen molar-refractivity contribution >= 4 is 33.3 Å². The number of imidazole rings is 1. The predicted octanol–water partition coefficient (Wildman–Crippen LogP) is 4.30. The molecule has 2 N–H and O–H groups in total. The summed E-state index contributed by atoms with van der Waals surface area (Å²) in [6.07, 6.45) is 2.62.